The van der Waals surface area contributed by atoms with E-state index in [2.05, 4.69) is 10.7 Å². The van der Waals surface area contributed by atoms with Crippen molar-refractivity contribution in [2.24, 2.45) is 5.84 Å². The zero-order valence-corrected chi connectivity index (χ0v) is 11.5. The van der Waals surface area contributed by atoms with E-state index in [0.717, 1.165) is 11.3 Å². The molecule has 0 aromatic heterocycles. The predicted molar refractivity (Wildman–Crippen MR) is 81.2 cm³/mol. The SMILES string of the molecule is COc1ccccc1CNc1cccc(NN)c1[N+](=O)[O-]. The molecule has 0 atom stereocenters. The number of para-hydroxylation sites is 2. The Labute approximate surface area is 121 Å². The number of benzene rings is 2. The van der Waals surface area contributed by atoms with Gasteiger partial charge >= 0.3 is 5.69 Å². The number of nitrogens with one attached hydrogen (secondary N) is 2. The molecule has 0 aliphatic carbocycles. The Kier molecular flexibility index (Phi) is 4.57. The molecule has 0 fully saturated rings. The normalized spacial score (nSPS) is 10.0. The number of anilines is 2. The van der Waals surface area contributed by atoms with Crippen LogP contribution in [0.3, 0.4) is 0 Å². The van der Waals surface area contributed by atoms with Crippen LogP contribution in [0.2, 0.25) is 0 Å². The van der Waals surface area contributed by atoms with E-state index in [1.54, 1.807) is 25.3 Å². The Morgan fingerprint density at radius 2 is 1.90 bits per heavy atom. The number of hydrazine groups is 1. The van der Waals surface area contributed by atoms with Crippen LogP contribution >= 0.6 is 0 Å². The molecule has 7 heteroatoms. The Morgan fingerprint density at radius 1 is 1.19 bits per heavy atom. The number of hydrogen-bond donors (Lipinski definition) is 3. The molecule has 2 aromatic rings. The first-order chi connectivity index (χ1) is 10.2. The molecule has 0 saturated heterocycles. The molecule has 0 amide bonds. The van der Waals surface area contributed by atoms with Crippen molar-refractivity contribution in [3.8, 4) is 5.75 Å². The van der Waals surface area contributed by atoms with E-state index in [-0.39, 0.29) is 11.4 Å². The lowest BCUT2D eigenvalue weighted by atomic mass is 10.2. The number of nitro benzene ring substituents is 1. The maximum atomic E-state index is 11.2. The van der Waals surface area contributed by atoms with E-state index < -0.39 is 4.92 Å². The summed E-state index contributed by atoms with van der Waals surface area (Å²) in [6.45, 7) is 0.402. The Hall–Kier alpha value is -2.80. The second-order valence-corrected chi connectivity index (χ2v) is 4.27. The van der Waals surface area contributed by atoms with E-state index in [0.29, 0.717) is 12.2 Å². The molecule has 4 N–H and O–H groups in total. The maximum Gasteiger partial charge on any atom is 0.316 e. The molecule has 0 unspecified atom stereocenters. The molecule has 0 aliphatic rings. The van der Waals surface area contributed by atoms with Gasteiger partial charge in [0.2, 0.25) is 0 Å². The third-order valence-electron chi connectivity index (χ3n) is 3.04. The monoisotopic (exact) mass is 288 g/mol. The fourth-order valence-electron chi connectivity index (χ4n) is 2.04. The van der Waals surface area contributed by atoms with Crippen LogP contribution in [0.25, 0.3) is 0 Å². The van der Waals surface area contributed by atoms with Crippen molar-refractivity contribution in [2.45, 2.75) is 6.54 Å². The highest BCUT2D eigenvalue weighted by Crippen LogP contribution is 2.32. The van der Waals surface area contributed by atoms with Crippen molar-refractivity contribution in [3.63, 3.8) is 0 Å². The van der Waals surface area contributed by atoms with Gasteiger partial charge < -0.3 is 15.5 Å². The van der Waals surface area contributed by atoms with Crippen molar-refractivity contribution in [2.75, 3.05) is 17.9 Å². The van der Waals surface area contributed by atoms with Crippen LogP contribution in [0.15, 0.2) is 42.5 Å². The van der Waals surface area contributed by atoms with Gasteiger partial charge in [-0.3, -0.25) is 16.0 Å². The van der Waals surface area contributed by atoms with E-state index in [1.165, 1.54) is 0 Å². The molecule has 7 nitrogen and oxygen atoms in total. The highest BCUT2D eigenvalue weighted by molar-refractivity contribution is 5.75. The number of nitrogens with zero attached hydrogens (tertiary/aromatic N) is 1. The molecule has 110 valence electrons. The summed E-state index contributed by atoms with van der Waals surface area (Å²) in [5.74, 6) is 6.03. The van der Waals surface area contributed by atoms with Gasteiger partial charge in [0.25, 0.3) is 0 Å². The highest BCUT2D eigenvalue weighted by atomic mass is 16.6. The number of rotatable bonds is 6. The van der Waals surface area contributed by atoms with Gasteiger partial charge in [-0.05, 0) is 18.2 Å². The lowest BCUT2D eigenvalue weighted by molar-refractivity contribution is -0.383. The fraction of sp³-hybridized carbons (Fsp3) is 0.143. The molecule has 0 radical (unpaired) electrons. The molecule has 0 saturated carbocycles. The summed E-state index contributed by atoms with van der Waals surface area (Å²) in [5, 5.41) is 14.2. The quantitative estimate of drug-likeness (QED) is 0.429. The van der Waals surface area contributed by atoms with Crippen molar-refractivity contribution in [3.05, 3.63) is 58.1 Å². The number of hydrogen-bond acceptors (Lipinski definition) is 6. The minimum Gasteiger partial charge on any atom is -0.496 e. The van der Waals surface area contributed by atoms with Crippen molar-refractivity contribution < 1.29 is 9.66 Å². The van der Waals surface area contributed by atoms with E-state index in [1.807, 2.05) is 24.3 Å². The Morgan fingerprint density at radius 3 is 2.57 bits per heavy atom. The van der Waals surface area contributed by atoms with Crippen molar-refractivity contribution >= 4 is 17.1 Å². The van der Waals surface area contributed by atoms with Crippen molar-refractivity contribution in [1.29, 1.82) is 0 Å². The summed E-state index contributed by atoms with van der Waals surface area (Å²) in [7, 11) is 1.58. The number of nitro groups is 1. The van der Waals surface area contributed by atoms with Crippen LogP contribution < -0.4 is 21.3 Å². The van der Waals surface area contributed by atoms with Crippen molar-refractivity contribution in [1.82, 2.24) is 0 Å². The first-order valence-corrected chi connectivity index (χ1v) is 6.27. The summed E-state index contributed by atoms with van der Waals surface area (Å²) >= 11 is 0. The van der Waals surface area contributed by atoms with Gasteiger partial charge in [-0.15, -0.1) is 0 Å². The molecule has 0 aliphatic heterocycles. The number of nitrogen functional groups attached to an aromatic ring is 1. The minimum atomic E-state index is -0.472. The van der Waals surface area contributed by atoms with E-state index in [9.17, 15) is 10.1 Å². The maximum absolute atomic E-state index is 11.2. The average Bonchev–Trinajstić information content (AvgIpc) is 2.52. The van der Waals surface area contributed by atoms with Crippen LogP contribution in [0, 0.1) is 10.1 Å². The third-order valence-corrected chi connectivity index (χ3v) is 3.04. The highest BCUT2D eigenvalue weighted by Gasteiger charge is 2.19. The third kappa shape index (κ3) is 3.21. The lowest BCUT2D eigenvalue weighted by Gasteiger charge is -2.12. The van der Waals surface area contributed by atoms with Gasteiger partial charge in [0.15, 0.2) is 0 Å². The first-order valence-electron chi connectivity index (χ1n) is 6.27. The van der Waals surface area contributed by atoms with Gasteiger partial charge in [-0.1, -0.05) is 24.3 Å². The largest absolute Gasteiger partial charge is 0.496 e. The van der Waals surface area contributed by atoms with Crippen LogP contribution in [0.5, 0.6) is 5.75 Å². The Balaban J connectivity index is 2.26. The standard InChI is InChI=1S/C14H16N4O3/c1-21-13-8-3-2-5-10(13)9-16-11-6-4-7-12(17-15)14(11)18(19)20/h2-8,16-17H,9,15H2,1H3. The molecule has 2 rings (SSSR count). The summed E-state index contributed by atoms with van der Waals surface area (Å²) in [4.78, 5) is 10.7. The fourth-order valence-corrected chi connectivity index (χ4v) is 2.04. The van der Waals surface area contributed by atoms with Crippen LogP contribution in [0.1, 0.15) is 5.56 Å². The number of methoxy groups -OCH3 is 1. The number of ether oxygens (including phenoxy) is 1. The van der Waals surface area contributed by atoms with Gasteiger partial charge in [0.1, 0.15) is 17.1 Å². The van der Waals surface area contributed by atoms with Gasteiger partial charge in [-0.25, -0.2) is 0 Å². The van der Waals surface area contributed by atoms with Gasteiger partial charge in [0, 0.05) is 12.1 Å². The smallest absolute Gasteiger partial charge is 0.316 e. The summed E-state index contributed by atoms with van der Waals surface area (Å²) in [6, 6.07) is 12.3. The van der Waals surface area contributed by atoms with E-state index in [4.69, 9.17) is 10.6 Å². The molecular weight excluding hydrogens is 272 g/mol. The van der Waals surface area contributed by atoms with Gasteiger partial charge in [0.05, 0.1) is 12.0 Å². The van der Waals surface area contributed by atoms with Crippen LogP contribution in [-0.2, 0) is 6.54 Å². The van der Waals surface area contributed by atoms with Crippen LogP contribution in [-0.4, -0.2) is 12.0 Å². The lowest BCUT2D eigenvalue weighted by Crippen LogP contribution is -2.11. The summed E-state index contributed by atoms with van der Waals surface area (Å²) in [5.41, 5.74) is 3.79. The molecule has 0 heterocycles. The zero-order valence-electron chi connectivity index (χ0n) is 11.5. The molecule has 21 heavy (non-hydrogen) atoms. The molecule has 0 spiro atoms. The first kappa shape index (κ1) is 14.6. The molecule has 0 bridgehead atoms. The minimum absolute atomic E-state index is 0.0881. The second-order valence-electron chi connectivity index (χ2n) is 4.27. The summed E-state index contributed by atoms with van der Waals surface area (Å²) < 4.78 is 5.25. The Bertz CT molecular complexity index is 646. The topological polar surface area (TPSA) is 102 Å². The molecular formula is C14H16N4O3. The second kappa shape index (κ2) is 6.58. The average molecular weight is 288 g/mol. The molecule has 2 aromatic carbocycles. The van der Waals surface area contributed by atoms with E-state index >= 15 is 0 Å². The zero-order chi connectivity index (χ0) is 15.2. The predicted octanol–water partition coefficient (Wildman–Crippen LogP) is 2.50. The number of nitrogens with two attached hydrogens (primary N) is 1. The van der Waals surface area contributed by atoms with Crippen LogP contribution in [0.4, 0.5) is 17.1 Å². The van der Waals surface area contributed by atoms with Gasteiger partial charge in [-0.2, -0.15) is 0 Å². The summed E-state index contributed by atoms with van der Waals surface area (Å²) in [6.07, 6.45) is 0.